The van der Waals surface area contributed by atoms with Crippen LogP contribution in [0, 0.1) is 11.8 Å². The summed E-state index contributed by atoms with van der Waals surface area (Å²) in [7, 11) is 1.85. The summed E-state index contributed by atoms with van der Waals surface area (Å²) in [6, 6.07) is 0. The van der Waals surface area contributed by atoms with Gasteiger partial charge in [-0.25, -0.2) is 0 Å². The second kappa shape index (κ2) is 6.86. The molecule has 1 saturated carbocycles. The van der Waals surface area contributed by atoms with E-state index in [2.05, 4.69) is 0 Å². The average molecular weight is 228 g/mol. The predicted octanol–water partition coefficient (Wildman–Crippen LogP) is 0.856. The molecule has 94 valence electrons. The number of ether oxygens (including phenoxy) is 1. The van der Waals surface area contributed by atoms with Crippen LogP contribution < -0.4 is 5.73 Å². The number of carbonyl (C=O) groups excluding carboxylic acids is 1. The molecule has 0 aromatic heterocycles. The Hall–Kier alpha value is -0.610. The minimum Gasteiger partial charge on any atom is -0.380 e. The van der Waals surface area contributed by atoms with Gasteiger partial charge in [-0.05, 0) is 32.2 Å². The number of carbonyl (C=O) groups is 1. The molecule has 4 nitrogen and oxygen atoms in total. The first-order valence-electron chi connectivity index (χ1n) is 6.23. The number of rotatable bonds is 6. The first-order valence-corrected chi connectivity index (χ1v) is 6.23. The van der Waals surface area contributed by atoms with E-state index >= 15 is 0 Å². The van der Waals surface area contributed by atoms with Crippen molar-refractivity contribution in [1.82, 2.24) is 4.90 Å². The smallest absolute Gasteiger partial charge is 0.225 e. The van der Waals surface area contributed by atoms with Gasteiger partial charge in [0.25, 0.3) is 0 Å². The van der Waals surface area contributed by atoms with Crippen LogP contribution in [0.4, 0.5) is 0 Å². The third kappa shape index (κ3) is 3.46. The summed E-state index contributed by atoms with van der Waals surface area (Å²) in [4.78, 5) is 13.9. The van der Waals surface area contributed by atoms with Crippen LogP contribution in [0.1, 0.15) is 26.2 Å². The summed E-state index contributed by atoms with van der Waals surface area (Å²) in [5.41, 5.74) is 5.69. The van der Waals surface area contributed by atoms with E-state index in [4.69, 9.17) is 10.5 Å². The van der Waals surface area contributed by atoms with Gasteiger partial charge in [0.2, 0.25) is 5.91 Å². The van der Waals surface area contributed by atoms with Gasteiger partial charge in [0.1, 0.15) is 0 Å². The van der Waals surface area contributed by atoms with E-state index in [0.29, 0.717) is 32.2 Å². The van der Waals surface area contributed by atoms with Crippen molar-refractivity contribution in [2.75, 3.05) is 33.4 Å². The van der Waals surface area contributed by atoms with Gasteiger partial charge >= 0.3 is 0 Å². The zero-order chi connectivity index (χ0) is 12.0. The molecule has 1 rings (SSSR count). The highest BCUT2D eigenvalue weighted by molar-refractivity contribution is 5.79. The first kappa shape index (κ1) is 13.5. The molecule has 0 saturated heterocycles. The van der Waals surface area contributed by atoms with E-state index < -0.39 is 0 Å². The maximum absolute atomic E-state index is 12.1. The van der Waals surface area contributed by atoms with Crippen LogP contribution in [0.3, 0.4) is 0 Å². The van der Waals surface area contributed by atoms with Crippen LogP contribution in [0.5, 0.6) is 0 Å². The third-order valence-electron chi connectivity index (χ3n) is 3.43. The number of hydrogen-bond donors (Lipinski definition) is 1. The van der Waals surface area contributed by atoms with E-state index in [1.165, 1.54) is 0 Å². The summed E-state index contributed by atoms with van der Waals surface area (Å²) < 4.78 is 5.25. The Bertz CT molecular complexity index is 221. The van der Waals surface area contributed by atoms with Gasteiger partial charge in [-0.2, -0.15) is 0 Å². The maximum atomic E-state index is 12.1. The van der Waals surface area contributed by atoms with Gasteiger partial charge in [0.15, 0.2) is 0 Å². The molecule has 0 aromatic carbocycles. The zero-order valence-corrected chi connectivity index (χ0v) is 10.4. The summed E-state index contributed by atoms with van der Waals surface area (Å²) in [5.74, 6) is 0.784. The molecule has 0 bridgehead atoms. The quantitative estimate of drug-likeness (QED) is 0.686. The first-order chi connectivity index (χ1) is 7.70. The highest BCUT2D eigenvalue weighted by Gasteiger charge is 2.33. The molecule has 0 radical (unpaired) electrons. The molecule has 1 aliphatic rings. The molecule has 16 heavy (non-hydrogen) atoms. The maximum Gasteiger partial charge on any atom is 0.225 e. The van der Waals surface area contributed by atoms with Crippen molar-refractivity contribution in [3.05, 3.63) is 0 Å². The number of nitrogens with zero attached hydrogens (tertiary/aromatic N) is 1. The normalized spacial score (nSPS) is 24.7. The lowest BCUT2D eigenvalue weighted by Gasteiger charge is -2.24. The molecule has 1 amide bonds. The predicted molar refractivity (Wildman–Crippen MR) is 64.0 cm³/mol. The number of amides is 1. The van der Waals surface area contributed by atoms with Crippen molar-refractivity contribution in [3.63, 3.8) is 0 Å². The molecule has 0 aliphatic heterocycles. The molecular formula is C12H24N2O2. The van der Waals surface area contributed by atoms with E-state index in [1.807, 2.05) is 14.0 Å². The van der Waals surface area contributed by atoms with Gasteiger partial charge in [0.05, 0.1) is 6.61 Å². The summed E-state index contributed by atoms with van der Waals surface area (Å²) in [6.45, 7) is 4.61. The molecule has 2 unspecified atom stereocenters. The SMILES string of the molecule is CCOCCN(C)C(=O)C1CCCC1CN. The third-order valence-corrected chi connectivity index (χ3v) is 3.43. The summed E-state index contributed by atoms with van der Waals surface area (Å²) in [6.07, 6.45) is 3.24. The molecule has 0 spiro atoms. The molecule has 0 aromatic rings. The molecule has 2 atom stereocenters. The van der Waals surface area contributed by atoms with Crippen LogP contribution in [0.25, 0.3) is 0 Å². The molecule has 0 heterocycles. The van der Waals surface area contributed by atoms with Gasteiger partial charge in [-0.1, -0.05) is 6.42 Å². The van der Waals surface area contributed by atoms with E-state index in [9.17, 15) is 4.79 Å². The second-order valence-corrected chi connectivity index (χ2v) is 4.49. The molecule has 4 heteroatoms. The Labute approximate surface area is 98.1 Å². The Balaban J connectivity index is 2.37. The van der Waals surface area contributed by atoms with Gasteiger partial charge < -0.3 is 15.4 Å². The van der Waals surface area contributed by atoms with Crippen molar-refractivity contribution < 1.29 is 9.53 Å². The number of hydrogen-bond acceptors (Lipinski definition) is 3. The summed E-state index contributed by atoms with van der Waals surface area (Å²) >= 11 is 0. The fourth-order valence-corrected chi connectivity index (χ4v) is 2.38. The largest absolute Gasteiger partial charge is 0.380 e. The lowest BCUT2D eigenvalue weighted by Crippen LogP contribution is -2.38. The minimum atomic E-state index is 0.150. The zero-order valence-electron chi connectivity index (χ0n) is 10.4. The van der Waals surface area contributed by atoms with E-state index in [1.54, 1.807) is 4.90 Å². The van der Waals surface area contributed by atoms with Gasteiger partial charge in [0, 0.05) is 26.1 Å². The van der Waals surface area contributed by atoms with E-state index in [0.717, 1.165) is 19.3 Å². The average Bonchev–Trinajstić information content (AvgIpc) is 2.76. The van der Waals surface area contributed by atoms with Crippen LogP contribution in [-0.2, 0) is 9.53 Å². The van der Waals surface area contributed by atoms with Crippen molar-refractivity contribution in [3.8, 4) is 0 Å². The molecular weight excluding hydrogens is 204 g/mol. The lowest BCUT2D eigenvalue weighted by molar-refractivity contribution is -0.135. The Morgan fingerprint density at radius 1 is 1.50 bits per heavy atom. The van der Waals surface area contributed by atoms with Crippen LogP contribution in [0.2, 0.25) is 0 Å². The monoisotopic (exact) mass is 228 g/mol. The fourth-order valence-electron chi connectivity index (χ4n) is 2.38. The van der Waals surface area contributed by atoms with Crippen LogP contribution in [0.15, 0.2) is 0 Å². The Morgan fingerprint density at radius 3 is 2.88 bits per heavy atom. The van der Waals surface area contributed by atoms with Gasteiger partial charge in [-0.3, -0.25) is 4.79 Å². The van der Waals surface area contributed by atoms with Crippen molar-refractivity contribution in [2.45, 2.75) is 26.2 Å². The highest BCUT2D eigenvalue weighted by atomic mass is 16.5. The van der Waals surface area contributed by atoms with Crippen LogP contribution >= 0.6 is 0 Å². The number of nitrogens with two attached hydrogens (primary N) is 1. The number of likely N-dealkylation sites (N-methyl/N-ethyl adjacent to an activating group) is 1. The van der Waals surface area contributed by atoms with Crippen molar-refractivity contribution >= 4 is 5.91 Å². The van der Waals surface area contributed by atoms with E-state index in [-0.39, 0.29) is 11.8 Å². The minimum absolute atomic E-state index is 0.150. The van der Waals surface area contributed by atoms with Gasteiger partial charge in [-0.15, -0.1) is 0 Å². The molecule has 2 N–H and O–H groups in total. The molecule has 1 fully saturated rings. The fraction of sp³-hybridized carbons (Fsp3) is 0.917. The summed E-state index contributed by atoms with van der Waals surface area (Å²) in [5, 5.41) is 0. The standard InChI is InChI=1S/C12H24N2O2/c1-3-16-8-7-14(2)12(15)11-6-4-5-10(11)9-13/h10-11H,3-9,13H2,1-2H3. The van der Waals surface area contributed by atoms with Crippen LogP contribution in [-0.4, -0.2) is 44.2 Å². The second-order valence-electron chi connectivity index (χ2n) is 4.49. The lowest BCUT2D eigenvalue weighted by atomic mass is 9.95. The Morgan fingerprint density at radius 2 is 2.25 bits per heavy atom. The van der Waals surface area contributed by atoms with Crippen molar-refractivity contribution in [2.24, 2.45) is 17.6 Å². The molecule has 1 aliphatic carbocycles. The highest BCUT2D eigenvalue weighted by Crippen LogP contribution is 2.32. The topological polar surface area (TPSA) is 55.6 Å². The van der Waals surface area contributed by atoms with Crippen molar-refractivity contribution in [1.29, 1.82) is 0 Å². The Kier molecular flexibility index (Phi) is 5.77.